The predicted octanol–water partition coefficient (Wildman–Crippen LogP) is 5.62. The van der Waals surface area contributed by atoms with Gasteiger partial charge in [-0.05, 0) is 97.5 Å². The molecule has 2 aromatic heterocycles. The topological polar surface area (TPSA) is 52.2 Å². The molecule has 0 aliphatic carbocycles. The molecule has 0 atom stereocenters. The zero-order valence-electron chi connectivity index (χ0n) is 18.7. The van der Waals surface area contributed by atoms with E-state index in [0.717, 1.165) is 48.1 Å². The van der Waals surface area contributed by atoms with Gasteiger partial charge < -0.3 is 14.8 Å². The summed E-state index contributed by atoms with van der Waals surface area (Å²) in [5.41, 5.74) is 4.96. The van der Waals surface area contributed by atoms with Crippen LogP contribution in [0.5, 0.6) is 0 Å². The van der Waals surface area contributed by atoms with Crippen LogP contribution in [0.1, 0.15) is 28.8 Å². The van der Waals surface area contributed by atoms with Crippen molar-refractivity contribution in [3.63, 3.8) is 0 Å². The van der Waals surface area contributed by atoms with Crippen LogP contribution in [-0.2, 0) is 6.54 Å². The van der Waals surface area contributed by atoms with E-state index < -0.39 is 0 Å². The van der Waals surface area contributed by atoms with Crippen molar-refractivity contribution < 1.29 is 4.79 Å². The van der Waals surface area contributed by atoms with Crippen molar-refractivity contribution in [2.45, 2.75) is 25.4 Å². The molecule has 2 aromatic carbocycles. The number of carbonyl (C=O) groups is 1. The molecule has 0 bridgehead atoms. The summed E-state index contributed by atoms with van der Waals surface area (Å²) in [6, 6.07) is 18.3. The van der Waals surface area contributed by atoms with Crippen molar-refractivity contribution in [3.05, 3.63) is 89.3 Å². The maximum absolute atomic E-state index is 13.6. The van der Waals surface area contributed by atoms with Gasteiger partial charge in [0, 0.05) is 47.3 Å². The number of halogens is 1. The molecule has 1 aliphatic rings. The number of fused-ring (bicyclic) bond motifs is 1. The van der Waals surface area contributed by atoms with Crippen LogP contribution < -0.4 is 0 Å². The van der Waals surface area contributed by atoms with Crippen LogP contribution in [0.15, 0.2) is 73.2 Å². The smallest absolute Gasteiger partial charge is 0.254 e. The van der Waals surface area contributed by atoms with E-state index in [2.05, 4.69) is 52.2 Å². The number of aromatic amines is 1. The molecule has 3 heterocycles. The van der Waals surface area contributed by atoms with Gasteiger partial charge in [0.15, 0.2) is 0 Å². The van der Waals surface area contributed by atoms with E-state index in [-0.39, 0.29) is 11.9 Å². The van der Waals surface area contributed by atoms with Crippen LogP contribution in [0, 0.1) is 0 Å². The highest BCUT2D eigenvalue weighted by Crippen LogP contribution is 2.30. The van der Waals surface area contributed by atoms with Crippen LogP contribution in [-0.4, -0.2) is 51.9 Å². The normalized spacial score (nSPS) is 15.1. The lowest BCUT2D eigenvalue weighted by atomic mass is 9.99. The summed E-state index contributed by atoms with van der Waals surface area (Å²) in [6.07, 6.45) is 7.20. The van der Waals surface area contributed by atoms with Crippen molar-refractivity contribution in [3.8, 4) is 11.1 Å². The first-order valence-corrected chi connectivity index (χ1v) is 11.7. The molecule has 5 rings (SSSR count). The number of H-pyrrole nitrogens is 1. The summed E-state index contributed by atoms with van der Waals surface area (Å²) in [5, 5.41) is 1.85. The summed E-state index contributed by atoms with van der Waals surface area (Å²) in [5.74, 6) is 0.0298. The van der Waals surface area contributed by atoms with E-state index in [1.807, 2.05) is 23.2 Å². The highest BCUT2D eigenvalue weighted by molar-refractivity contribution is 6.31. The summed E-state index contributed by atoms with van der Waals surface area (Å²) in [7, 11) is 2.13. The fourth-order valence-electron chi connectivity index (χ4n) is 4.63. The highest BCUT2D eigenvalue weighted by Gasteiger charge is 2.28. The number of aromatic nitrogens is 2. The number of pyridine rings is 1. The Balaban J connectivity index is 1.47. The minimum absolute atomic E-state index is 0.0298. The quantitative estimate of drug-likeness (QED) is 0.422. The van der Waals surface area contributed by atoms with Gasteiger partial charge in [-0.3, -0.25) is 9.78 Å². The van der Waals surface area contributed by atoms with E-state index in [4.69, 9.17) is 11.6 Å². The third-order valence-corrected chi connectivity index (χ3v) is 6.96. The number of rotatable bonds is 5. The molecule has 1 amide bonds. The Morgan fingerprint density at radius 2 is 1.79 bits per heavy atom. The molecular weight excluding hydrogens is 432 g/mol. The van der Waals surface area contributed by atoms with E-state index in [0.29, 0.717) is 17.1 Å². The van der Waals surface area contributed by atoms with Gasteiger partial charge in [-0.1, -0.05) is 23.7 Å². The van der Waals surface area contributed by atoms with Crippen LogP contribution in [0.2, 0.25) is 5.02 Å². The van der Waals surface area contributed by atoms with Gasteiger partial charge in [0.05, 0.1) is 0 Å². The van der Waals surface area contributed by atoms with Gasteiger partial charge in [-0.25, -0.2) is 0 Å². The number of piperidine rings is 1. The number of nitrogens with zero attached hydrogens (tertiary/aromatic N) is 3. The second-order valence-corrected chi connectivity index (χ2v) is 9.20. The van der Waals surface area contributed by atoms with Gasteiger partial charge >= 0.3 is 0 Å². The second-order valence-electron chi connectivity index (χ2n) is 8.79. The Bertz CT molecular complexity index is 1260. The van der Waals surface area contributed by atoms with Crippen LogP contribution in [0.3, 0.4) is 0 Å². The Labute approximate surface area is 199 Å². The fourth-order valence-corrected chi connectivity index (χ4v) is 4.80. The average Bonchev–Trinajstić information content (AvgIpc) is 3.32. The lowest BCUT2D eigenvalue weighted by molar-refractivity contribution is 0.0569. The van der Waals surface area contributed by atoms with Crippen molar-refractivity contribution in [2.75, 3.05) is 20.1 Å². The average molecular weight is 459 g/mol. The third-order valence-electron chi connectivity index (χ3n) is 6.59. The van der Waals surface area contributed by atoms with E-state index in [1.165, 1.54) is 5.39 Å². The highest BCUT2D eigenvalue weighted by atomic mass is 35.5. The number of benzene rings is 2. The molecule has 0 unspecified atom stereocenters. The maximum atomic E-state index is 13.6. The largest absolute Gasteiger partial charge is 0.361 e. The molecule has 0 radical (unpaired) electrons. The zero-order chi connectivity index (χ0) is 22.8. The van der Waals surface area contributed by atoms with Crippen molar-refractivity contribution in [1.82, 2.24) is 19.8 Å². The predicted molar refractivity (Wildman–Crippen MR) is 133 cm³/mol. The molecule has 0 spiro atoms. The first kappa shape index (κ1) is 21.7. The minimum atomic E-state index is 0.0298. The molecule has 6 heteroatoms. The van der Waals surface area contributed by atoms with Gasteiger partial charge in [-0.2, -0.15) is 0 Å². The van der Waals surface area contributed by atoms with Crippen molar-refractivity contribution in [2.24, 2.45) is 0 Å². The van der Waals surface area contributed by atoms with E-state index in [1.54, 1.807) is 24.5 Å². The number of nitrogens with one attached hydrogen (secondary N) is 1. The molecule has 0 saturated carbocycles. The van der Waals surface area contributed by atoms with E-state index >= 15 is 0 Å². The Morgan fingerprint density at radius 1 is 1.06 bits per heavy atom. The minimum Gasteiger partial charge on any atom is -0.361 e. The Hall–Kier alpha value is -3.15. The zero-order valence-corrected chi connectivity index (χ0v) is 19.4. The van der Waals surface area contributed by atoms with Crippen molar-refractivity contribution >= 4 is 28.4 Å². The first-order valence-electron chi connectivity index (χ1n) is 11.3. The fraction of sp³-hybridized carbons (Fsp3) is 0.259. The van der Waals surface area contributed by atoms with Gasteiger partial charge in [0.2, 0.25) is 0 Å². The molecule has 5 nitrogen and oxygen atoms in total. The van der Waals surface area contributed by atoms with Gasteiger partial charge in [0.25, 0.3) is 5.91 Å². The lowest BCUT2D eigenvalue weighted by Gasteiger charge is -2.37. The molecule has 1 aliphatic heterocycles. The molecule has 1 fully saturated rings. The number of hydrogen-bond acceptors (Lipinski definition) is 3. The van der Waals surface area contributed by atoms with Crippen molar-refractivity contribution in [1.29, 1.82) is 0 Å². The Kier molecular flexibility index (Phi) is 6.16. The van der Waals surface area contributed by atoms with Crippen LogP contribution >= 0.6 is 11.6 Å². The first-order chi connectivity index (χ1) is 16.1. The lowest BCUT2D eigenvalue weighted by Crippen LogP contribution is -2.46. The summed E-state index contributed by atoms with van der Waals surface area (Å²) >= 11 is 6.66. The Morgan fingerprint density at radius 3 is 2.58 bits per heavy atom. The number of amides is 1. The van der Waals surface area contributed by atoms with Crippen LogP contribution in [0.25, 0.3) is 22.0 Å². The number of hydrogen-bond donors (Lipinski definition) is 1. The molecule has 33 heavy (non-hydrogen) atoms. The maximum Gasteiger partial charge on any atom is 0.254 e. The molecular formula is C27H27ClN4O. The summed E-state index contributed by atoms with van der Waals surface area (Å²) in [6.45, 7) is 2.44. The van der Waals surface area contributed by atoms with Crippen LogP contribution in [0.4, 0.5) is 0 Å². The summed E-state index contributed by atoms with van der Waals surface area (Å²) < 4.78 is 0. The van der Waals surface area contributed by atoms with Gasteiger partial charge in [-0.15, -0.1) is 0 Å². The van der Waals surface area contributed by atoms with E-state index in [9.17, 15) is 4.79 Å². The number of likely N-dealkylation sites (tertiary alicyclic amines) is 1. The SMILES string of the molecule is CN1CCC(N(Cc2cc(-c3ccc4[nH]ccc4c3)ccc2Cl)C(=O)c2ccncc2)CC1. The number of carbonyl (C=O) groups excluding carboxylic acids is 1. The summed E-state index contributed by atoms with van der Waals surface area (Å²) in [4.78, 5) is 25.2. The van der Waals surface area contributed by atoms with Gasteiger partial charge in [0.1, 0.15) is 0 Å². The second kappa shape index (κ2) is 9.38. The monoisotopic (exact) mass is 458 g/mol. The molecule has 168 valence electrons. The standard InChI is InChI=1S/C27H27ClN4O/c1-31-14-9-24(10-15-31)32(27(33)19-6-11-29-12-7-19)18-23-17-20(2-4-25(23)28)21-3-5-26-22(16-21)8-13-30-26/h2-8,11-13,16-17,24,30H,9-10,14-15,18H2,1H3. The third kappa shape index (κ3) is 4.65. The molecule has 4 aromatic rings. The molecule has 1 N–H and O–H groups in total. The molecule has 1 saturated heterocycles.